The molecule has 0 aliphatic rings. The third-order valence-corrected chi connectivity index (χ3v) is 4.96. The summed E-state index contributed by atoms with van der Waals surface area (Å²) in [7, 11) is 0. The Morgan fingerprint density at radius 3 is 2.67 bits per heavy atom. The Bertz CT molecular complexity index is 968. The minimum atomic E-state index is -2.37. The van der Waals surface area contributed by atoms with Crippen LogP contribution in [0.15, 0.2) is 48.7 Å². The van der Waals surface area contributed by atoms with Crippen LogP contribution >= 0.6 is 12.2 Å². The third kappa shape index (κ3) is 4.17. The van der Waals surface area contributed by atoms with Crippen molar-refractivity contribution in [1.29, 1.82) is 0 Å². The number of aryl methyl sites for hydroxylation is 1. The number of hydrogen-bond acceptors (Lipinski definition) is 2. The van der Waals surface area contributed by atoms with E-state index in [2.05, 4.69) is 0 Å². The maximum absolute atomic E-state index is 12.8. The van der Waals surface area contributed by atoms with E-state index in [9.17, 15) is 13.9 Å². The van der Waals surface area contributed by atoms with Gasteiger partial charge in [-0.1, -0.05) is 49.5 Å². The Hall–Kier alpha value is -2.31. The van der Waals surface area contributed by atoms with Crippen LogP contribution in [0.4, 0.5) is 8.78 Å². The van der Waals surface area contributed by atoms with E-state index in [1.54, 1.807) is 0 Å². The van der Waals surface area contributed by atoms with Crippen molar-refractivity contribution < 1.29 is 13.9 Å². The van der Waals surface area contributed by atoms with Crippen LogP contribution in [0.1, 0.15) is 37.0 Å². The van der Waals surface area contributed by atoms with Gasteiger partial charge in [0.2, 0.25) is 6.43 Å². The summed E-state index contributed by atoms with van der Waals surface area (Å²) in [5.41, 5.74) is 9.96. The van der Waals surface area contributed by atoms with Crippen molar-refractivity contribution in [2.75, 3.05) is 0 Å². The first kappa shape index (κ1) is 19.5. The average molecular weight is 388 g/mol. The van der Waals surface area contributed by atoms with Crippen LogP contribution in [-0.4, -0.2) is 21.1 Å². The van der Waals surface area contributed by atoms with Crippen molar-refractivity contribution in [2.24, 2.45) is 5.73 Å². The molecule has 3 N–H and O–H groups in total. The van der Waals surface area contributed by atoms with Gasteiger partial charge in [-0.25, -0.2) is 8.78 Å². The lowest BCUT2D eigenvalue weighted by Crippen LogP contribution is -2.08. The minimum Gasteiger partial charge on any atom is -0.389 e. The molecule has 0 saturated carbocycles. The summed E-state index contributed by atoms with van der Waals surface area (Å²) >= 11 is 5.06. The van der Waals surface area contributed by atoms with Crippen LogP contribution in [-0.2, 0) is 6.54 Å². The van der Waals surface area contributed by atoms with Crippen molar-refractivity contribution in [1.82, 2.24) is 4.57 Å². The van der Waals surface area contributed by atoms with E-state index >= 15 is 0 Å². The van der Waals surface area contributed by atoms with Crippen molar-refractivity contribution in [3.63, 3.8) is 0 Å². The van der Waals surface area contributed by atoms with Gasteiger partial charge in [0.1, 0.15) is 4.99 Å². The van der Waals surface area contributed by atoms with Crippen LogP contribution in [0.25, 0.3) is 22.0 Å². The summed E-state index contributed by atoms with van der Waals surface area (Å²) in [6.07, 6.45) is -0.695. The lowest BCUT2D eigenvalue weighted by molar-refractivity contribution is 0.132. The number of rotatable bonds is 7. The number of benzene rings is 2. The van der Waals surface area contributed by atoms with Gasteiger partial charge < -0.3 is 15.4 Å². The van der Waals surface area contributed by atoms with Gasteiger partial charge in [0.15, 0.2) is 0 Å². The largest absolute Gasteiger partial charge is 0.389 e. The van der Waals surface area contributed by atoms with E-state index in [4.69, 9.17) is 18.0 Å². The summed E-state index contributed by atoms with van der Waals surface area (Å²) in [6.45, 7) is 2.10. The third-order valence-electron chi connectivity index (χ3n) is 4.72. The fraction of sp³-hybridized carbons (Fsp3) is 0.286. The fourth-order valence-corrected chi connectivity index (χ4v) is 3.37. The number of nitrogens with two attached hydrogens (primary N) is 1. The van der Waals surface area contributed by atoms with Crippen molar-refractivity contribution in [3.05, 3.63) is 59.8 Å². The van der Waals surface area contributed by atoms with Crippen LogP contribution in [0.5, 0.6) is 0 Å². The van der Waals surface area contributed by atoms with Crippen LogP contribution in [0, 0.1) is 0 Å². The van der Waals surface area contributed by atoms with Crippen LogP contribution in [0.2, 0.25) is 0 Å². The molecule has 0 aliphatic carbocycles. The quantitative estimate of drug-likeness (QED) is 0.558. The molecular formula is C21H22F2N2OS. The summed E-state index contributed by atoms with van der Waals surface area (Å²) in [4.78, 5) is 0.312. The predicted molar refractivity (Wildman–Crippen MR) is 109 cm³/mol. The van der Waals surface area contributed by atoms with Crippen molar-refractivity contribution in [2.45, 2.75) is 38.8 Å². The molecule has 3 aromatic rings. The maximum Gasteiger partial charge on any atom is 0.240 e. The van der Waals surface area contributed by atoms with E-state index < -0.39 is 12.5 Å². The summed E-state index contributed by atoms with van der Waals surface area (Å²) < 4.78 is 27.4. The zero-order chi connectivity index (χ0) is 19.6. The molecule has 0 amide bonds. The second-order valence-electron chi connectivity index (χ2n) is 6.56. The maximum atomic E-state index is 12.8. The van der Waals surface area contributed by atoms with Gasteiger partial charge in [0.25, 0.3) is 0 Å². The Labute approximate surface area is 162 Å². The molecule has 3 rings (SSSR count). The van der Waals surface area contributed by atoms with Crippen molar-refractivity contribution in [3.8, 4) is 11.1 Å². The lowest BCUT2D eigenvalue weighted by Gasteiger charge is -2.10. The number of nitrogens with zero attached hydrogens (tertiary/aromatic N) is 1. The fourth-order valence-electron chi connectivity index (χ4n) is 3.24. The van der Waals surface area contributed by atoms with E-state index in [0.717, 1.165) is 33.2 Å². The first-order valence-corrected chi connectivity index (χ1v) is 9.30. The Balaban J connectivity index is 2.15. The molecule has 27 heavy (non-hydrogen) atoms. The topological polar surface area (TPSA) is 51.2 Å². The molecule has 2 aromatic carbocycles. The molecule has 1 aromatic heterocycles. The zero-order valence-corrected chi connectivity index (χ0v) is 15.8. The number of aliphatic hydroxyl groups is 1. The Kier molecular flexibility index (Phi) is 5.87. The zero-order valence-electron chi connectivity index (χ0n) is 15.0. The number of thiocarbonyl (C=S) groups is 1. The highest BCUT2D eigenvalue weighted by Gasteiger charge is 2.15. The van der Waals surface area contributed by atoms with E-state index in [-0.39, 0.29) is 13.0 Å². The lowest BCUT2D eigenvalue weighted by atomic mass is 10.00. The van der Waals surface area contributed by atoms with Crippen molar-refractivity contribution >= 4 is 28.1 Å². The number of hydrogen-bond donors (Lipinski definition) is 2. The molecule has 1 atom stereocenters. The first-order valence-electron chi connectivity index (χ1n) is 8.90. The molecule has 0 aliphatic heterocycles. The van der Waals surface area contributed by atoms with E-state index in [1.165, 1.54) is 0 Å². The molecule has 142 valence electrons. The highest BCUT2D eigenvalue weighted by Crippen LogP contribution is 2.33. The van der Waals surface area contributed by atoms with Crippen LogP contribution in [0.3, 0.4) is 0 Å². The highest BCUT2D eigenvalue weighted by molar-refractivity contribution is 7.80. The molecule has 3 nitrogen and oxygen atoms in total. The molecule has 1 heterocycles. The van der Waals surface area contributed by atoms with Gasteiger partial charge in [-0.15, -0.1) is 0 Å². The second-order valence-corrected chi connectivity index (χ2v) is 7.00. The molecule has 0 fully saturated rings. The second kappa shape index (κ2) is 8.15. The SMILES string of the molecule is CCC(O)c1ccc2c(-c3cccc(C(N)=S)c3)cn(CCC(F)F)c2c1. The highest BCUT2D eigenvalue weighted by atomic mass is 32.1. The van der Waals surface area contributed by atoms with E-state index in [1.807, 2.05) is 60.2 Å². The summed E-state index contributed by atoms with van der Waals surface area (Å²) in [5, 5.41) is 11.1. The number of aliphatic hydroxyl groups excluding tert-OH is 1. The Morgan fingerprint density at radius 2 is 2.00 bits per heavy atom. The number of alkyl halides is 2. The molecule has 0 bridgehead atoms. The van der Waals surface area contributed by atoms with Gasteiger partial charge >= 0.3 is 0 Å². The molecular weight excluding hydrogens is 366 g/mol. The first-order chi connectivity index (χ1) is 12.9. The molecule has 0 radical (unpaired) electrons. The minimum absolute atomic E-state index is 0.203. The van der Waals surface area contributed by atoms with Gasteiger partial charge in [0, 0.05) is 41.2 Å². The number of fused-ring (bicyclic) bond motifs is 1. The van der Waals surface area contributed by atoms with Gasteiger partial charge in [-0.3, -0.25) is 0 Å². The normalized spacial score (nSPS) is 12.6. The molecule has 0 saturated heterocycles. The summed E-state index contributed by atoms with van der Waals surface area (Å²) in [6, 6.07) is 13.3. The van der Waals surface area contributed by atoms with Gasteiger partial charge in [-0.05, 0) is 29.7 Å². The number of halogens is 2. The van der Waals surface area contributed by atoms with Gasteiger partial charge in [0.05, 0.1) is 6.10 Å². The predicted octanol–water partition coefficient (Wildman–Crippen LogP) is 5.04. The van der Waals surface area contributed by atoms with Gasteiger partial charge in [-0.2, -0.15) is 0 Å². The average Bonchev–Trinajstić information content (AvgIpc) is 3.03. The standard InChI is InChI=1S/C21H22F2N2OS/c1-2-19(26)14-6-7-16-17(13-4-3-5-15(10-13)21(24)27)12-25(18(16)11-14)9-8-20(22)23/h3-7,10-12,19-20,26H,2,8-9H2,1H3,(H2,24,27). The van der Waals surface area contributed by atoms with Crippen LogP contribution < -0.4 is 5.73 Å². The molecule has 0 spiro atoms. The summed E-state index contributed by atoms with van der Waals surface area (Å²) in [5.74, 6) is 0. The number of aromatic nitrogens is 1. The monoisotopic (exact) mass is 388 g/mol. The van der Waals surface area contributed by atoms with E-state index in [0.29, 0.717) is 11.4 Å². The smallest absolute Gasteiger partial charge is 0.240 e. The Morgan fingerprint density at radius 1 is 1.22 bits per heavy atom. The molecule has 6 heteroatoms. The molecule has 1 unspecified atom stereocenters.